The van der Waals surface area contributed by atoms with Gasteiger partial charge in [0.2, 0.25) is 0 Å². The number of rotatable bonds is 6. The highest BCUT2D eigenvalue weighted by Gasteiger charge is 2.14. The molecule has 3 rings (SSSR count). The van der Waals surface area contributed by atoms with Gasteiger partial charge in [0, 0.05) is 25.7 Å². The number of likely N-dealkylation sites (N-methyl/N-ethyl adjacent to an activating group) is 1. The Balaban J connectivity index is 1.58. The number of fused-ring (bicyclic) bond motifs is 1. The number of ether oxygens (including phenoxy) is 2. The summed E-state index contributed by atoms with van der Waals surface area (Å²) in [6.07, 6.45) is 2.39. The van der Waals surface area contributed by atoms with Crippen molar-refractivity contribution in [1.82, 2.24) is 4.90 Å². The number of hydrogen-bond donors (Lipinski definition) is 0. The number of methoxy groups -OCH3 is 1. The monoisotopic (exact) mass is 380 g/mol. The van der Waals surface area contributed by atoms with Crippen LogP contribution in [0.3, 0.4) is 0 Å². The molecule has 0 unspecified atom stereocenters. The second kappa shape index (κ2) is 8.39. The Kier molecular flexibility index (Phi) is 5.74. The second-order valence-electron chi connectivity index (χ2n) is 6.32. The van der Waals surface area contributed by atoms with E-state index in [0.717, 1.165) is 22.1 Å². The maximum Gasteiger partial charge on any atom is 0.339 e. The molecule has 28 heavy (non-hydrogen) atoms. The lowest BCUT2D eigenvalue weighted by Crippen LogP contribution is -2.31. The molecule has 3 aromatic rings. The summed E-state index contributed by atoms with van der Waals surface area (Å²) in [5, 5.41) is 13.1. The lowest BCUT2D eigenvalue weighted by molar-refractivity contribution is -0.605. The highest BCUT2D eigenvalue weighted by Crippen LogP contribution is 2.22. The molecule has 0 fully saturated rings. The Morgan fingerprint density at radius 3 is 2.43 bits per heavy atom. The van der Waals surface area contributed by atoms with Gasteiger partial charge < -0.3 is 19.6 Å². The molecule has 0 atom stereocenters. The van der Waals surface area contributed by atoms with Crippen LogP contribution >= 0.6 is 0 Å². The molecule has 7 heteroatoms. The predicted octanol–water partition coefficient (Wildman–Crippen LogP) is 2.30. The fraction of sp³-hybridized carbons (Fsp3) is 0.190. The van der Waals surface area contributed by atoms with Gasteiger partial charge in [-0.25, -0.2) is 4.79 Å². The molecule has 1 heterocycles. The minimum atomic E-state index is -0.651. The molecular weight excluding hydrogens is 360 g/mol. The summed E-state index contributed by atoms with van der Waals surface area (Å²) in [5.74, 6) is -0.183. The maximum atomic E-state index is 12.3. The van der Waals surface area contributed by atoms with E-state index in [0.29, 0.717) is 11.3 Å². The van der Waals surface area contributed by atoms with Crippen LogP contribution < -0.4 is 9.47 Å². The standard InChI is InChI=1S/C21H20N2O5/c1-22(20(24)14-28-21(25)16-7-9-23(26)10-8-16)13-15-3-4-18-12-19(27-2)6-5-17(18)11-15/h3-12H,13-14H2,1-2H3. The maximum absolute atomic E-state index is 12.3. The zero-order valence-electron chi connectivity index (χ0n) is 15.6. The van der Waals surface area contributed by atoms with E-state index in [4.69, 9.17) is 9.47 Å². The molecule has 0 N–H and O–H groups in total. The smallest absolute Gasteiger partial charge is 0.339 e. The van der Waals surface area contributed by atoms with Crippen LogP contribution in [-0.2, 0) is 16.1 Å². The summed E-state index contributed by atoms with van der Waals surface area (Å²) < 4.78 is 10.8. The average Bonchev–Trinajstić information content (AvgIpc) is 2.71. The van der Waals surface area contributed by atoms with Gasteiger partial charge in [-0.3, -0.25) is 4.79 Å². The molecular formula is C21H20N2O5. The Morgan fingerprint density at radius 1 is 1.04 bits per heavy atom. The summed E-state index contributed by atoms with van der Waals surface area (Å²) in [5.41, 5.74) is 1.18. The first-order chi connectivity index (χ1) is 13.5. The van der Waals surface area contributed by atoms with Gasteiger partial charge in [-0.2, -0.15) is 4.73 Å². The molecule has 0 radical (unpaired) electrons. The van der Waals surface area contributed by atoms with E-state index in [1.54, 1.807) is 14.2 Å². The van der Waals surface area contributed by atoms with E-state index < -0.39 is 5.97 Å². The zero-order valence-corrected chi connectivity index (χ0v) is 15.6. The average molecular weight is 380 g/mol. The summed E-state index contributed by atoms with van der Waals surface area (Å²) in [7, 11) is 3.28. The van der Waals surface area contributed by atoms with Gasteiger partial charge in [0.05, 0.1) is 12.7 Å². The Morgan fingerprint density at radius 2 is 1.71 bits per heavy atom. The van der Waals surface area contributed by atoms with Crippen LogP contribution in [0, 0.1) is 5.21 Å². The van der Waals surface area contributed by atoms with Crippen molar-refractivity contribution < 1.29 is 23.8 Å². The zero-order chi connectivity index (χ0) is 20.1. The van der Waals surface area contributed by atoms with Crippen LogP contribution in [-0.4, -0.2) is 37.5 Å². The van der Waals surface area contributed by atoms with Crippen molar-refractivity contribution >= 4 is 22.6 Å². The van der Waals surface area contributed by atoms with Crippen LogP contribution in [0.1, 0.15) is 15.9 Å². The summed E-state index contributed by atoms with van der Waals surface area (Å²) in [4.78, 5) is 25.7. The minimum Gasteiger partial charge on any atom is -0.619 e. The number of carbonyl (C=O) groups excluding carboxylic acids is 2. The van der Waals surface area contributed by atoms with Gasteiger partial charge in [-0.15, -0.1) is 0 Å². The third-order valence-corrected chi connectivity index (χ3v) is 4.32. The van der Waals surface area contributed by atoms with E-state index >= 15 is 0 Å². The van der Waals surface area contributed by atoms with Crippen LogP contribution in [0.5, 0.6) is 5.75 Å². The summed E-state index contributed by atoms with van der Waals surface area (Å²) in [6.45, 7) is 0.0201. The van der Waals surface area contributed by atoms with Gasteiger partial charge in [-0.05, 0) is 34.5 Å². The topological polar surface area (TPSA) is 82.8 Å². The molecule has 7 nitrogen and oxygen atoms in total. The number of aromatic nitrogens is 1. The normalized spacial score (nSPS) is 10.5. The molecule has 0 aliphatic carbocycles. The highest BCUT2D eigenvalue weighted by molar-refractivity contribution is 5.91. The van der Waals surface area contributed by atoms with Crippen LogP contribution in [0.4, 0.5) is 0 Å². The quantitative estimate of drug-likeness (QED) is 0.372. The largest absolute Gasteiger partial charge is 0.619 e. The van der Waals surface area contributed by atoms with Crippen LogP contribution in [0.15, 0.2) is 60.9 Å². The molecule has 0 bridgehead atoms. The third kappa shape index (κ3) is 4.56. The van der Waals surface area contributed by atoms with E-state index in [1.807, 2.05) is 36.4 Å². The summed E-state index contributed by atoms with van der Waals surface area (Å²) >= 11 is 0. The predicted molar refractivity (Wildman–Crippen MR) is 103 cm³/mol. The second-order valence-corrected chi connectivity index (χ2v) is 6.32. The molecule has 0 aliphatic heterocycles. The van der Waals surface area contributed by atoms with Crippen molar-refractivity contribution in [3.05, 3.63) is 77.3 Å². The Bertz CT molecular complexity index is 1000. The molecule has 0 aliphatic rings. The molecule has 144 valence electrons. The van der Waals surface area contributed by atoms with E-state index in [-0.39, 0.29) is 18.1 Å². The fourth-order valence-electron chi connectivity index (χ4n) is 2.73. The molecule has 2 aromatic carbocycles. The number of carbonyl (C=O) groups is 2. The van der Waals surface area contributed by atoms with Crippen molar-refractivity contribution in [3.63, 3.8) is 0 Å². The van der Waals surface area contributed by atoms with Gasteiger partial charge >= 0.3 is 5.97 Å². The van der Waals surface area contributed by atoms with Gasteiger partial charge in [0.25, 0.3) is 5.91 Å². The van der Waals surface area contributed by atoms with Gasteiger partial charge in [0.15, 0.2) is 19.0 Å². The van der Waals surface area contributed by atoms with Crippen molar-refractivity contribution in [2.45, 2.75) is 6.54 Å². The van der Waals surface area contributed by atoms with Crippen molar-refractivity contribution in [2.75, 3.05) is 20.8 Å². The van der Waals surface area contributed by atoms with Crippen molar-refractivity contribution in [2.24, 2.45) is 0 Å². The summed E-state index contributed by atoms with van der Waals surface area (Å²) in [6, 6.07) is 14.4. The Labute approximate surface area is 162 Å². The molecule has 0 spiro atoms. The van der Waals surface area contributed by atoms with Crippen LogP contribution in [0.25, 0.3) is 10.8 Å². The molecule has 1 amide bonds. The number of pyridine rings is 1. The van der Waals surface area contributed by atoms with E-state index in [2.05, 4.69) is 0 Å². The lowest BCUT2D eigenvalue weighted by atomic mass is 10.1. The minimum absolute atomic E-state index is 0.215. The number of esters is 1. The first-order valence-electron chi connectivity index (χ1n) is 8.63. The van der Waals surface area contributed by atoms with Crippen molar-refractivity contribution in [3.8, 4) is 5.75 Å². The number of hydrogen-bond acceptors (Lipinski definition) is 5. The highest BCUT2D eigenvalue weighted by atomic mass is 16.5. The van der Waals surface area contributed by atoms with E-state index in [9.17, 15) is 14.8 Å². The van der Waals surface area contributed by atoms with Crippen molar-refractivity contribution in [1.29, 1.82) is 0 Å². The molecule has 0 saturated heterocycles. The SMILES string of the molecule is COc1ccc2cc(CN(C)C(=O)COC(=O)c3cc[n+]([O-])cc3)ccc2c1. The number of benzene rings is 2. The first kappa shape index (κ1) is 19.2. The lowest BCUT2D eigenvalue weighted by Gasteiger charge is -2.17. The molecule has 0 saturated carbocycles. The van der Waals surface area contributed by atoms with Gasteiger partial charge in [-0.1, -0.05) is 18.2 Å². The van der Waals surface area contributed by atoms with E-state index in [1.165, 1.54) is 29.4 Å². The molecule has 1 aromatic heterocycles. The third-order valence-electron chi connectivity index (χ3n) is 4.32. The number of amides is 1. The Hall–Kier alpha value is -3.61. The van der Waals surface area contributed by atoms with Crippen LogP contribution in [0.2, 0.25) is 0 Å². The fourth-order valence-corrected chi connectivity index (χ4v) is 2.73. The first-order valence-corrected chi connectivity index (χ1v) is 8.63. The number of nitrogens with zero attached hydrogens (tertiary/aromatic N) is 2. The van der Waals surface area contributed by atoms with Gasteiger partial charge in [0.1, 0.15) is 5.75 Å².